The molecule has 22 heavy (non-hydrogen) atoms. The van der Waals surface area contributed by atoms with Gasteiger partial charge in [0, 0.05) is 0 Å². The fourth-order valence-corrected chi connectivity index (χ4v) is 2.88. The van der Waals surface area contributed by atoms with Crippen LogP contribution in [-0.4, -0.2) is 0 Å². The molecule has 0 aliphatic carbocycles. The van der Waals surface area contributed by atoms with Crippen LogP contribution in [0.5, 0.6) is 0 Å². The maximum atomic E-state index is 3.92. The van der Waals surface area contributed by atoms with E-state index in [1.165, 1.54) is 23.1 Å². The Hall–Kier alpha value is -1.04. The van der Waals surface area contributed by atoms with Crippen molar-refractivity contribution in [3.8, 4) is 0 Å². The second-order valence-electron chi connectivity index (χ2n) is 8.20. The molecule has 1 aromatic carbocycles. The Labute approximate surface area is 140 Å². The summed E-state index contributed by atoms with van der Waals surface area (Å²) in [6.45, 7) is 24.2. The van der Waals surface area contributed by atoms with E-state index in [1.807, 2.05) is 19.9 Å². The molecule has 126 valence electrons. The minimum absolute atomic E-state index is 0.286. The van der Waals surface area contributed by atoms with Crippen LogP contribution in [0, 0.1) is 10.8 Å². The predicted octanol–water partition coefficient (Wildman–Crippen LogP) is 7.48. The Morgan fingerprint density at radius 3 is 1.95 bits per heavy atom. The molecule has 0 spiro atoms. The van der Waals surface area contributed by atoms with Crippen molar-refractivity contribution in [2.45, 2.75) is 81.1 Å². The maximum Gasteiger partial charge on any atom is -0.0108 e. The summed E-state index contributed by atoms with van der Waals surface area (Å²) in [5.74, 6) is 0.590. The first-order valence-corrected chi connectivity index (χ1v) is 8.83. The quantitative estimate of drug-likeness (QED) is 0.540. The van der Waals surface area contributed by atoms with Crippen molar-refractivity contribution >= 4 is 6.08 Å². The van der Waals surface area contributed by atoms with E-state index in [-0.39, 0.29) is 5.41 Å². The first-order chi connectivity index (χ1) is 10.1. The van der Waals surface area contributed by atoms with Gasteiger partial charge in [0.05, 0.1) is 0 Å². The molecular formula is C22H38. The predicted molar refractivity (Wildman–Crippen MR) is 104 cm³/mol. The van der Waals surface area contributed by atoms with Crippen LogP contribution in [-0.2, 0) is 6.42 Å². The number of rotatable bonds is 4. The highest BCUT2D eigenvalue weighted by Gasteiger charge is 2.30. The molecule has 0 saturated heterocycles. The van der Waals surface area contributed by atoms with Crippen LogP contribution in [0.25, 0.3) is 6.08 Å². The van der Waals surface area contributed by atoms with Crippen LogP contribution in [0.15, 0.2) is 24.8 Å². The summed E-state index contributed by atoms with van der Waals surface area (Å²) in [6.07, 6.45) is 4.26. The van der Waals surface area contributed by atoms with Gasteiger partial charge in [-0.25, -0.2) is 0 Å². The Morgan fingerprint density at radius 1 is 1.05 bits per heavy atom. The Bertz CT molecular complexity index is 452. The van der Waals surface area contributed by atoms with Gasteiger partial charge in [0.1, 0.15) is 0 Å². The maximum absolute atomic E-state index is 3.92. The van der Waals surface area contributed by atoms with Crippen LogP contribution in [0.3, 0.4) is 0 Å². The normalized spacial score (nSPS) is 13.1. The number of hydrogen-bond acceptors (Lipinski definition) is 0. The molecule has 1 aromatic rings. The molecule has 0 heterocycles. The van der Waals surface area contributed by atoms with Crippen LogP contribution in [0.1, 0.15) is 91.3 Å². The van der Waals surface area contributed by atoms with E-state index in [0.717, 1.165) is 6.42 Å². The molecule has 1 unspecified atom stereocenters. The summed E-state index contributed by atoms with van der Waals surface area (Å²) in [5.41, 5.74) is 4.81. The zero-order valence-corrected chi connectivity index (χ0v) is 16.5. The van der Waals surface area contributed by atoms with Gasteiger partial charge in [-0.15, -0.1) is 0 Å². The van der Waals surface area contributed by atoms with Crippen molar-refractivity contribution in [1.82, 2.24) is 0 Å². The van der Waals surface area contributed by atoms with Gasteiger partial charge in [-0.1, -0.05) is 93.2 Å². The topological polar surface area (TPSA) is 0 Å². The molecule has 1 atom stereocenters. The monoisotopic (exact) mass is 302 g/mol. The molecule has 0 aromatic heterocycles. The molecule has 0 amide bonds. The zero-order chi connectivity index (χ0) is 17.6. The third kappa shape index (κ3) is 6.38. The van der Waals surface area contributed by atoms with E-state index in [4.69, 9.17) is 0 Å². The molecule has 0 aliphatic rings. The highest BCUT2D eigenvalue weighted by atomic mass is 14.3. The minimum Gasteiger partial charge on any atom is -0.0985 e. The third-order valence-corrected chi connectivity index (χ3v) is 4.03. The Morgan fingerprint density at radius 2 is 1.59 bits per heavy atom. The second kappa shape index (κ2) is 8.56. The van der Waals surface area contributed by atoms with E-state index in [0.29, 0.717) is 11.3 Å². The molecular weight excluding hydrogens is 264 g/mol. The standard InChI is InChI=1S/C20H32.C2H6/c1-9-15-11-12-17(13-16(15)10-2)18(20(6,7)8)14-19(3,4)5;1-2/h9,11-13,18H,1,10,14H2,2-8H3;1-2H3. The second-order valence-corrected chi connectivity index (χ2v) is 8.20. The molecule has 0 nitrogen and oxygen atoms in total. The fourth-order valence-electron chi connectivity index (χ4n) is 2.88. The van der Waals surface area contributed by atoms with Gasteiger partial charge in [-0.05, 0) is 46.3 Å². The van der Waals surface area contributed by atoms with E-state index in [2.05, 4.69) is 73.2 Å². The van der Waals surface area contributed by atoms with Gasteiger partial charge in [-0.3, -0.25) is 0 Å². The van der Waals surface area contributed by atoms with Gasteiger partial charge in [0.25, 0.3) is 0 Å². The number of hydrogen-bond donors (Lipinski definition) is 0. The first kappa shape index (κ1) is 21.0. The van der Waals surface area contributed by atoms with Crippen molar-refractivity contribution in [2.24, 2.45) is 10.8 Å². The molecule has 0 saturated carbocycles. The summed E-state index contributed by atoms with van der Waals surface area (Å²) in [7, 11) is 0. The Balaban J connectivity index is 0.00000211. The van der Waals surface area contributed by atoms with Crippen molar-refractivity contribution in [2.75, 3.05) is 0 Å². The van der Waals surface area contributed by atoms with Gasteiger partial charge in [0.2, 0.25) is 0 Å². The SMILES string of the molecule is C=Cc1ccc(C(CC(C)(C)C)C(C)(C)C)cc1CC.CC. The Kier molecular flexibility index (Phi) is 8.15. The van der Waals surface area contributed by atoms with Gasteiger partial charge in [0.15, 0.2) is 0 Å². The summed E-state index contributed by atoms with van der Waals surface area (Å²) in [6, 6.07) is 6.94. The summed E-state index contributed by atoms with van der Waals surface area (Å²) >= 11 is 0. The molecule has 0 N–H and O–H groups in total. The fraction of sp³-hybridized carbons (Fsp3) is 0.636. The summed E-state index contributed by atoms with van der Waals surface area (Å²) < 4.78 is 0. The minimum atomic E-state index is 0.286. The summed E-state index contributed by atoms with van der Waals surface area (Å²) in [4.78, 5) is 0. The highest BCUT2D eigenvalue weighted by Crippen LogP contribution is 2.43. The highest BCUT2D eigenvalue weighted by molar-refractivity contribution is 5.53. The average molecular weight is 303 g/mol. The van der Waals surface area contributed by atoms with Gasteiger partial charge < -0.3 is 0 Å². The van der Waals surface area contributed by atoms with Crippen molar-refractivity contribution in [3.05, 3.63) is 41.5 Å². The number of benzene rings is 1. The molecule has 1 rings (SSSR count). The smallest absolute Gasteiger partial charge is 0.0108 e. The van der Waals surface area contributed by atoms with Crippen LogP contribution in [0.4, 0.5) is 0 Å². The lowest BCUT2D eigenvalue weighted by atomic mass is 9.69. The third-order valence-electron chi connectivity index (χ3n) is 4.03. The lowest BCUT2D eigenvalue weighted by molar-refractivity contribution is 0.229. The molecule has 0 bridgehead atoms. The lowest BCUT2D eigenvalue weighted by Crippen LogP contribution is -2.24. The summed E-state index contributed by atoms with van der Waals surface area (Å²) in [5, 5.41) is 0. The van der Waals surface area contributed by atoms with E-state index in [1.54, 1.807) is 0 Å². The molecule has 0 heteroatoms. The van der Waals surface area contributed by atoms with Crippen LogP contribution in [0.2, 0.25) is 0 Å². The van der Waals surface area contributed by atoms with E-state index < -0.39 is 0 Å². The van der Waals surface area contributed by atoms with Gasteiger partial charge in [-0.2, -0.15) is 0 Å². The van der Waals surface area contributed by atoms with Crippen LogP contribution >= 0.6 is 0 Å². The number of aryl methyl sites for hydroxylation is 1. The molecule has 0 fully saturated rings. The van der Waals surface area contributed by atoms with E-state index in [9.17, 15) is 0 Å². The van der Waals surface area contributed by atoms with Crippen molar-refractivity contribution in [1.29, 1.82) is 0 Å². The molecule has 0 aliphatic heterocycles. The first-order valence-electron chi connectivity index (χ1n) is 8.83. The van der Waals surface area contributed by atoms with Crippen molar-refractivity contribution < 1.29 is 0 Å². The largest absolute Gasteiger partial charge is 0.0985 e. The van der Waals surface area contributed by atoms with Crippen LogP contribution < -0.4 is 0 Å². The average Bonchev–Trinajstić information content (AvgIpc) is 2.44. The van der Waals surface area contributed by atoms with Gasteiger partial charge >= 0.3 is 0 Å². The van der Waals surface area contributed by atoms with Crippen molar-refractivity contribution in [3.63, 3.8) is 0 Å². The molecule has 0 radical (unpaired) electrons. The lowest BCUT2D eigenvalue weighted by Gasteiger charge is -2.36. The zero-order valence-electron chi connectivity index (χ0n) is 16.5. The van der Waals surface area contributed by atoms with E-state index >= 15 is 0 Å².